The van der Waals surface area contributed by atoms with Gasteiger partial charge in [-0.1, -0.05) is 24.3 Å². The van der Waals surface area contributed by atoms with Crippen molar-refractivity contribution in [2.75, 3.05) is 5.75 Å². The van der Waals surface area contributed by atoms with E-state index in [0.717, 1.165) is 17.7 Å². The molecule has 0 saturated heterocycles. The van der Waals surface area contributed by atoms with Crippen molar-refractivity contribution in [3.63, 3.8) is 0 Å². The van der Waals surface area contributed by atoms with Crippen LogP contribution in [0.1, 0.15) is 28.4 Å². The summed E-state index contributed by atoms with van der Waals surface area (Å²) in [6, 6.07) is 13.9. The molecule has 0 radical (unpaired) electrons. The Hall–Kier alpha value is -1.81. The van der Waals surface area contributed by atoms with Gasteiger partial charge in [-0.05, 0) is 36.2 Å². The van der Waals surface area contributed by atoms with Gasteiger partial charge in [-0.25, -0.2) is 4.39 Å². The molecule has 1 aliphatic heterocycles. The summed E-state index contributed by atoms with van der Waals surface area (Å²) in [6.07, 6.45) is 0.892. The summed E-state index contributed by atoms with van der Waals surface area (Å²) in [6.45, 7) is 0. The van der Waals surface area contributed by atoms with Crippen molar-refractivity contribution in [2.24, 2.45) is 0 Å². The van der Waals surface area contributed by atoms with Crippen LogP contribution in [0.15, 0.2) is 53.4 Å². The van der Waals surface area contributed by atoms with Crippen LogP contribution < -0.4 is 5.32 Å². The molecule has 0 spiro atoms. The molecule has 102 valence electrons. The second kappa shape index (κ2) is 5.67. The van der Waals surface area contributed by atoms with Crippen LogP contribution in [0.25, 0.3) is 0 Å². The zero-order valence-corrected chi connectivity index (χ0v) is 11.6. The van der Waals surface area contributed by atoms with Crippen molar-refractivity contribution in [3.05, 3.63) is 65.5 Å². The molecular weight excluding hydrogens is 273 g/mol. The van der Waals surface area contributed by atoms with E-state index in [2.05, 4.69) is 11.4 Å². The number of hydrogen-bond acceptors (Lipinski definition) is 2. The van der Waals surface area contributed by atoms with Crippen LogP contribution in [0.3, 0.4) is 0 Å². The molecular formula is C16H14FNOS. The summed E-state index contributed by atoms with van der Waals surface area (Å²) in [7, 11) is 0. The van der Waals surface area contributed by atoms with E-state index < -0.39 is 5.82 Å². The van der Waals surface area contributed by atoms with E-state index in [1.54, 1.807) is 23.9 Å². The van der Waals surface area contributed by atoms with E-state index in [-0.39, 0.29) is 11.9 Å². The van der Waals surface area contributed by atoms with Crippen molar-refractivity contribution in [1.29, 1.82) is 0 Å². The van der Waals surface area contributed by atoms with Gasteiger partial charge in [0.1, 0.15) is 5.82 Å². The lowest BCUT2D eigenvalue weighted by atomic mass is 10.0. The molecule has 0 fully saturated rings. The molecule has 2 nitrogen and oxygen atoms in total. The van der Waals surface area contributed by atoms with Crippen molar-refractivity contribution in [2.45, 2.75) is 17.4 Å². The molecule has 0 unspecified atom stereocenters. The number of nitrogens with one attached hydrogen (secondary N) is 1. The molecule has 0 bridgehead atoms. The zero-order valence-electron chi connectivity index (χ0n) is 10.8. The third-order valence-corrected chi connectivity index (χ3v) is 4.47. The van der Waals surface area contributed by atoms with Gasteiger partial charge in [0, 0.05) is 16.2 Å². The lowest BCUT2D eigenvalue weighted by Crippen LogP contribution is -2.30. The molecule has 2 aromatic carbocycles. The van der Waals surface area contributed by atoms with Gasteiger partial charge in [0.05, 0.1) is 6.04 Å². The highest BCUT2D eigenvalue weighted by atomic mass is 32.2. The number of thioether (sulfide) groups is 1. The van der Waals surface area contributed by atoms with Gasteiger partial charge in [-0.3, -0.25) is 4.79 Å². The number of fused-ring (bicyclic) bond motifs is 1. The summed E-state index contributed by atoms with van der Waals surface area (Å²) < 4.78 is 13.2. The smallest absolute Gasteiger partial charge is 0.251 e. The number of benzene rings is 2. The Labute approximate surface area is 121 Å². The molecule has 20 heavy (non-hydrogen) atoms. The minimum Gasteiger partial charge on any atom is -0.345 e. The highest BCUT2D eigenvalue weighted by molar-refractivity contribution is 7.99. The highest BCUT2D eigenvalue weighted by Gasteiger charge is 2.22. The third-order valence-electron chi connectivity index (χ3n) is 3.35. The minimum atomic E-state index is -0.391. The van der Waals surface area contributed by atoms with Crippen LogP contribution in [0.2, 0.25) is 0 Å². The van der Waals surface area contributed by atoms with Gasteiger partial charge in [0.2, 0.25) is 0 Å². The molecule has 1 N–H and O–H groups in total. The predicted molar refractivity (Wildman–Crippen MR) is 78.4 cm³/mol. The van der Waals surface area contributed by atoms with Crippen molar-refractivity contribution >= 4 is 17.7 Å². The van der Waals surface area contributed by atoms with Crippen LogP contribution in [0, 0.1) is 5.82 Å². The van der Waals surface area contributed by atoms with E-state index in [9.17, 15) is 9.18 Å². The van der Waals surface area contributed by atoms with Gasteiger partial charge in [0.15, 0.2) is 0 Å². The summed E-state index contributed by atoms with van der Waals surface area (Å²) >= 11 is 1.81. The first-order valence-corrected chi connectivity index (χ1v) is 7.51. The first-order valence-electron chi connectivity index (χ1n) is 6.52. The normalized spacial score (nSPS) is 17.4. The predicted octanol–water partition coefficient (Wildman–Crippen LogP) is 3.79. The second-order valence-corrected chi connectivity index (χ2v) is 5.85. The SMILES string of the molecule is O=C(N[C@@H]1CCSc2ccccc21)c1cccc(F)c1. The van der Waals surface area contributed by atoms with Crippen molar-refractivity contribution in [3.8, 4) is 0 Å². The molecule has 1 atom stereocenters. The molecule has 1 amide bonds. The molecule has 3 rings (SSSR count). The molecule has 1 aliphatic rings. The lowest BCUT2D eigenvalue weighted by molar-refractivity contribution is 0.0934. The topological polar surface area (TPSA) is 29.1 Å². The molecule has 0 saturated carbocycles. The van der Waals surface area contributed by atoms with Crippen LogP contribution in [-0.2, 0) is 0 Å². The Morgan fingerprint density at radius 3 is 2.90 bits per heavy atom. The van der Waals surface area contributed by atoms with Crippen molar-refractivity contribution < 1.29 is 9.18 Å². The maximum Gasteiger partial charge on any atom is 0.251 e. The van der Waals surface area contributed by atoms with Gasteiger partial charge in [-0.15, -0.1) is 11.8 Å². The third kappa shape index (κ3) is 2.70. The Bertz CT molecular complexity index is 644. The summed E-state index contributed by atoms with van der Waals surface area (Å²) in [5.74, 6) is 0.360. The zero-order chi connectivity index (χ0) is 13.9. The standard InChI is InChI=1S/C16H14FNOS/c17-12-5-3-4-11(10-12)16(19)18-14-8-9-20-15-7-2-1-6-13(14)15/h1-7,10,14H,8-9H2,(H,18,19)/t14-/m1/s1. The lowest BCUT2D eigenvalue weighted by Gasteiger charge is -2.25. The number of rotatable bonds is 2. The van der Waals surface area contributed by atoms with E-state index in [1.807, 2.05) is 18.2 Å². The second-order valence-electron chi connectivity index (χ2n) is 4.71. The van der Waals surface area contributed by atoms with E-state index >= 15 is 0 Å². The molecule has 4 heteroatoms. The minimum absolute atomic E-state index is 0.00298. The van der Waals surface area contributed by atoms with E-state index in [1.165, 1.54) is 17.0 Å². The fourth-order valence-corrected chi connectivity index (χ4v) is 3.49. The number of carbonyl (C=O) groups is 1. The average Bonchev–Trinajstić information content (AvgIpc) is 2.47. The van der Waals surface area contributed by atoms with Gasteiger partial charge in [0.25, 0.3) is 5.91 Å². The first kappa shape index (κ1) is 13.2. The molecule has 1 heterocycles. The van der Waals surface area contributed by atoms with E-state index in [0.29, 0.717) is 5.56 Å². The maximum atomic E-state index is 13.2. The Balaban J connectivity index is 1.81. The van der Waals surface area contributed by atoms with Gasteiger partial charge >= 0.3 is 0 Å². The van der Waals surface area contributed by atoms with Crippen LogP contribution in [0.4, 0.5) is 4.39 Å². The number of hydrogen-bond donors (Lipinski definition) is 1. The number of carbonyl (C=O) groups excluding carboxylic acids is 1. The molecule has 0 aliphatic carbocycles. The molecule has 2 aromatic rings. The monoisotopic (exact) mass is 287 g/mol. The van der Waals surface area contributed by atoms with Gasteiger partial charge < -0.3 is 5.32 Å². The molecule has 0 aromatic heterocycles. The van der Waals surface area contributed by atoms with Gasteiger partial charge in [-0.2, -0.15) is 0 Å². The number of halogens is 1. The Morgan fingerprint density at radius 1 is 1.20 bits per heavy atom. The first-order chi connectivity index (χ1) is 9.74. The van der Waals surface area contributed by atoms with Crippen LogP contribution in [0.5, 0.6) is 0 Å². The highest BCUT2D eigenvalue weighted by Crippen LogP contribution is 2.35. The van der Waals surface area contributed by atoms with E-state index in [4.69, 9.17) is 0 Å². The van der Waals surface area contributed by atoms with Crippen LogP contribution >= 0.6 is 11.8 Å². The summed E-state index contributed by atoms with van der Waals surface area (Å²) in [5, 5.41) is 3.00. The summed E-state index contributed by atoms with van der Waals surface area (Å²) in [4.78, 5) is 13.4. The summed E-state index contributed by atoms with van der Waals surface area (Å²) in [5.41, 5.74) is 1.51. The quantitative estimate of drug-likeness (QED) is 0.910. The van der Waals surface area contributed by atoms with Crippen molar-refractivity contribution in [1.82, 2.24) is 5.32 Å². The Morgan fingerprint density at radius 2 is 2.05 bits per heavy atom. The fourth-order valence-electron chi connectivity index (χ4n) is 2.36. The maximum absolute atomic E-state index is 13.2. The average molecular weight is 287 g/mol. The largest absolute Gasteiger partial charge is 0.345 e. The van der Waals surface area contributed by atoms with Crippen LogP contribution in [-0.4, -0.2) is 11.7 Å². The fraction of sp³-hybridized carbons (Fsp3) is 0.188. The Kier molecular flexibility index (Phi) is 3.74. The number of amides is 1.